The first-order chi connectivity index (χ1) is 35.0. The molecule has 0 radical (unpaired) electrons. The number of aromatic nitrogens is 4. The summed E-state index contributed by atoms with van der Waals surface area (Å²) in [5.74, 6) is 1.78. The molecule has 10 aromatic carbocycles. The van der Waals surface area contributed by atoms with Crippen molar-refractivity contribution in [2.24, 2.45) is 0 Å². The van der Waals surface area contributed by atoms with Gasteiger partial charge >= 0.3 is 0 Å². The predicted octanol–water partition coefficient (Wildman–Crippen LogP) is 17.3. The van der Waals surface area contributed by atoms with Crippen LogP contribution >= 0.6 is 0 Å². The normalized spacial score (nSPS) is 11.5. The molecule has 13 aromatic rings. The standard InChI is InChI=1S/C65H45N5O/c1-42-18-12-13-25-51(42)52-34-32-49(38-43(52)2)69(58-28-16-14-26-53(58)44-19-6-3-7-20-44)50-33-37-62-57(41-50)56-40-47(31-36-61(56)71-62)65-67-63(45-21-8-4-9-22-45)66-64(68-65)46-30-35-60-55(39-46)54-27-15-17-29-59(54)70(60)48-23-10-5-11-24-48/h3-41H,1-2H3. The second kappa shape index (κ2) is 17.3. The topological polar surface area (TPSA) is 60.0 Å². The molecule has 0 spiro atoms. The summed E-state index contributed by atoms with van der Waals surface area (Å²) in [7, 11) is 0. The molecule has 3 heterocycles. The summed E-state index contributed by atoms with van der Waals surface area (Å²) in [6, 6.07) is 83.2. The minimum absolute atomic E-state index is 0.579. The van der Waals surface area contributed by atoms with E-state index in [9.17, 15) is 0 Å². The number of benzene rings is 10. The van der Waals surface area contributed by atoms with Crippen molar-refractivity contribution >= 4 is 60.8 Å². The van der Waals surface area contributed by atoms with Crippen LogP contribution in [0.4, 0.5) is 17.1 Å². The SMILES string of the molecule is Cc1ccccc1-c1ccc(N(c2ccc3oc4ccc(-c5nc(-c6ccccc6)nc(-c6ccc7c(c6)c6ccccc6n7-c6ccccc6)n5)cc4c3c2)c2ccccc2-c2ccccc2)cc1C. The lowest BCUT2D eigenvalue weighted by Crippen LogP contribution is -2.11. The number of aryl methyl sites for hydroxylation is 2. The van der Waals surface area contributed by atoms with Gasteiger partial charge in [-0.2, -0.15) is 0 Å². The Bertz CT molecular complexity index is 4140. The van der Waals surface area contributed by atoms with Crippen molar-refractivity contribution in [1.82, 2.24) is 19.5 Å². The zero-order chi connectivity index (χ0) is 47.4. The van der Waals surface area contributed by atoms with E-state index in [0.717, 1.165) is 88.9 Å². The Balaban J connectivity index is 0.963. The number of para-hydroxylation sites is 3. The van der Waals surface area contributed by atoms with Crippen molar-refractivity contribution in [3.05, 3.63) is 248 Å². The van der Waals surface area contributed by atoms with Crippen LogP contribution in [0, 0.1) is 13.8 Å². The molecule has 0 amide bonds. The largest absolute Gasteiger partial charge is 0.456 e. The van der Waals surface area contributed by atoms with Crippen LogP contribution in [0.5, 0.6) is 0 Å². The second-order valence-electron chi connectivity index (χ2n) is 18.1. The molecule has 0 unspecified atom stereocenters. The molecule has 0 bridgehead atoms. The lowest BCUT2D eigenvalue weighted by atomic mass is 9.95. The van der Waals surface area contributed by atoms with E-state index in [-0.39, 0.29) is 0 Å². The second-order valence-corrected chi connectivity index (χ2v) is 18.1. The van der Waals surface area contributed by atoms with E-state index >= 15 is 0 Å². The van der Waals surface area contributed by atoms with E-state index in [1.165, 1.54) is 27.6 Å². The fourth-order valence-corrected chi connectivity index (χ4v) is 10.3. The number of hydrogen-bond donors (Lipinski definition) is 0. The third-order valence-corrected chi connectivity index (χ3v) is 13.7. The summed E-state index contributed by atoms with van der Waals surface area (Å²) in [5, 5.41) is 4.26. The van der Waals surface area contributed by atoms with Gasteiger partial charge in [-0.05, 0) is 133 Å². The van der Waals surface area contributed by atoms with Crippen molar-refractivity contribution in [2.45, 2.75) is 13.8 Å². The maximum atomic E-state index is 6.60. The van der Waals surface area contributed by atoms with Crippen molar-refractivity contribution in [1.29, 1.82) is 0 Å². The summed E-state index contributed by atoms with van der Waals surface area (Å²) >= 11 is 0. The van der Waals surface area contributed by atoms with Gasteiger partial charge in [0.1, 0.15) is 11.2 Å². The van der Waals surface area contributed by atoms with Gasteiger partial charge in [0.25, 0.3) is 0 Å². The van der Waals surface area contributed by atoms with E-state index in [0.29, 0.717) is 17.5 Å². The van der Waals surface area contributed by atoms with E-state index in [4.69, 9.17) is 19.4 Å². The highest BCUT2D eigenvalue weighted by atomic mass is 16.3. The average molecular weight is 912 g/mol. The van der Waals surface area contributed by atoms with Crippen LogP contribution in [-0.4, -0.2) is 19.5 Å². The first-order valence-corrected chi connectivity index (χ1v) is 24.0. The van der Waals surface area contributed by atoms with Crippen molar-refractivity contribution in [3.8, 4) is 62.1 Å². The smallest absolute Gasteiger partial charge is 0.164 e. The molecule has 13 rings (SSSR count). The zero-order valence-electron chi connectivity index (χ0n) is 39.2. The molecule has 71 heavy (non-hydrogen) atoms. The van der Waals surface area contributed by atoms with Crippen LogP contribution in [0.3, 0.4) is 0 Å². The summed E-state index contributed by atoms with van der Waals surface area (Å²) in [4.78, 5) is 18.0. The molecule has 0 saturated heterocycles. The minimum atomic E-state index is 0.579. The van der Waals surface area contributed by atoms with Gasteiger partial charge in [-0.1, -0.05) is 146 Å². The molecule has 3 aromatic heterocycles. The Kier molecular flexibility index (Phi) is 10.2. The van der Waals surface area contributed by atoms with Crippen LogP contribution in [-0.2, 0) is 0 Å². The maximum Gasteiger partial charge on any atom is 0.164 e. The van der Waals surface area contributed by atoms with Crippen LogP contribution in [0.25, 0.3) is 106 Å². The predicted molar refractivity (Wildman–Crippen MR) is 293 cm³/mol. The summed E-state index contributed by atoms with van der Waals surface area (Å²) in [6.45, 7) is 4.38. The van der Waals surface area contributed by atoms with E-state index < -0.39 is 0 Å². The molecule has 6 heteroatoms. The van der Waals surface area contributed by atoms with Gasteiger partial charge in [0.05, 0.1) is 16.7 Å². The number of rotatable bonds is 9. The Morgan fingerprint density at radius 2 is 0.873 bits per heavy atom. The van der Waals surface area contributed by atoms with Crippen molar-refractivity contribution in [3.63, 3.8) is 0 Å². The van der Waals surface area contributed by atoms with E-state index in [1.807, 2.05) is 36.4 Å². The lowest BCUT2D eigenvalue weighted by molar-refractivity contribution is 0.669. The first kappa shape index (κ1) is 41.8. The first-order valence-electron chi connectivity index (χ1n) is 24.0. The highest BCUT2D eigenvalue weighted by molar-refractivity contribution is 6.11. The Labute approximate surface area is 411 Å². The molecule has 0 fully saturated rings. The molecule has 0 aliphatic heterocycles. The van der Waals surface area contributed by atoms with Gasteiger partial charge in [0, 0.05) is 60.9 Å². The molecule has 6 nitrogen and oxygen atoms in total. The quantitative estimate of drug-likeness (QED) is 0.144. The van der Waals surface area contributed by atoms with Crippen molar-refractivity contribution < 1.29 is 4.42 Å². The third-order valence-electron chi connectivity index (χ3n) is 13.7. The molecule has 0 aliphatic rings. The minimum Gasteiger partial charge on any atom is -0.456 e. The van der Waals surface area contributed by atoms with Gasteiger partial charge in [-0.15, -0.1) is 0 Å². The van der Waals surface area contributed by atoms with Crippen LogP contribution < -0.4 is 4.90 Å². The summed E-state index contributed by atoms with van der Waals surface area (Å²) < 4.78 is 8.92. The molecule has 336 valence electrons. The zero-order valence-corrected chi connectivity index (χ0v) is 39.2. The maximum absolute atomic E-state index is 6.60. The third kappa shape index (κ3) is 7.41. The lowest BCUT2D eigenvalue weighted by Gasteiger charge is -2.28. The van der Waals surface area contributed by atoms with E-state index in [2.05, 4.69) is 224 Å². The number of nitrogens with zero attached hydrogens (tertiary/aromatic N) is 5. The van der Waals surface area contributed by atoms with Crippen LogP contribution in [0.2, 0.25) is 0 Å². The molecule has 0 atom stereocenters. The molecule has 0 saturated carbocycles. The van der Waals surface area contributed by atoms with Gasteiger partial charge in [0.15, 0.2) is 17.5 Å². The molecule has 0 aliphatic carbocycles. The summed E-state index contributed by atoms with van der Waals surface area (Å²) in [5.41, 5.74) is 18.0. The van der Waals surface area contributed by atoms with Gasteiger partial charge < -0.3 is 13.9 Å². The highest BCUT2D eigenvalue weighted by Crippen LogP contribution is 2.45. The highest BCUT2D eigenvalue weighted by Gasteiger charge is 2.22. The number of hydrogen-bond acceptors (Lipinski definition) is 5. The monoisotopic (exact) mass is 911 g/mol. The Morgan fingerprint density at radius 3 is 1.61 bits per heavy atom. The van der Waals surface area contributed by atoms with E-state index in [1.54, 1.807) is 0 Å². The van der Waals surface area contributed by atoms with Crippen LogP contribution in [0.15, 0.2) is 241 Å². The Hall–Kier alpha value is -9.39. The number of fused-ring (bicyclic) bond motifs is 6. The fourth-order valence-electron chi connectivity index (χ4n) is 10.3. The van der Waals surface area contributed by atoms with Crippen LogP contribution in [0.1, 0.15) is 11.1 Å². The Morgan fingerprint density at radius 1 is 0.352 bits per heavy atom. The molecular formula is C65H45N5O. The number of anilines is 3. The molecular weight excluding hydrogens is 867 g/mol. The van der Waals surface area contributed by atoms with Gasteiger partial charge in [-0.25, -0.2) is 15.0 Å². The molecule has 0 N–H and O–H groups in total. The van der Waals surface area contributed by atoms with Crippen molar-refractivity contribution in [2.75, 3.05) is 4.90 Å². The number of furan rings is 1. The van der Waals surface area contributed by atoms with Gasteiger partial charge in [-0.3, -0.25) is 0 Å². The fraction of sp³-hybridized carbons (Fsp3) is 0.0308. The van der Waals surface area contributed by atoms with Gasteiger partial charge in [0.2, 0.25) is 0 Å². The average Bonchev–Trinajstić information content (AvgIpc) is 3.97. The summed E-state index contributed by atoms with van der Waals surface area (Å²) in [6.07, 6.45) is 0.